The Bertz CT molecular complexity index is 90.6. The summed E-state index contributed by atoms with van der Waals surface area (Å²) in [5.74, 6) is 1.29. The summed E-state index contributed by atoms with van der Waals surface area (Å²) in [5.41, 5.74) is 0. The van der Waals surface area contributed by atoms with Gasteiger partial charge in [0.2, 0.25) is 0 Å². The molecule has 0 aromatic heterocycles. The zero-order valence-electron chi connectivity index (χ0n) is 6.30. The van der Waals surface area contributed by atoms with Crippen LogP contribution in [0.15, 0.2) is 0 Å². The van der Waals surface area contributed by atoms with E-state index in [0.29, 0.717) is 5.92 Å². The molecule has 1 aliphatic rings. The van der Waals surface area contributed by atoms with E-state index in [9.17, 15) is 5.11 Å². The van der Waals surface area contributed by atoms with E-state index in [1.807, 2.05) is 0 Å². The molecule has 0 amide bonds. The second-order valence-electron chi connectivity index (χ2n) is 3.46. The summed E-state index contributed by atoms with van der Waals surface area (Å²) in [6, 6.07) is 0. The van der Waals surface area contributed by atoms with E-state index in [2.05, 4.69) is 13.8 Å². The highest BCUT2D eigenvalue weighted by atomic mass is 16.3. The average molecular weight is 128 g/mol. The first-order valence-corrected chi connectivity index (χ1v) is 3.88. The molecule has 1 saturated carbocycles. The third kappa shape index (κ3) is 1.68. The van der Waals surface area contributed by atoms with E-state index < -0.39 is 0 Å². The largest absolute Gasteiger partial charge is 0.393 e. The Morgan fingerprint density at radius 1 is 1.22 bits per heavy atom. The van der Waals surface area contributed by atoms with Gasteiger partial charge in [-0.2, -0.15) is 0 Å². The fraction of sp³-hybridized carbons (Fsp3) is 1.00. The molecule has 0 heterocycles. The van der Waals surface area contributed by atoms with Gasteiger partial charge in [0.1, 0.15) is 0 Å². The van der Waals surface area contributed by atoms with Crippen LogP contribution in [0.2, 0.25) is 0 Å². The Morgan fingerprint density at radius 2 is 1.89 bits per heavy atom. The maximum Gasteiger partial charge on any atom is 0.0568 e. The van der Waals surface area contributed by atoms with Crippen molar-refractivity contribution in [1.29, 1.82) is 0 Å². The lowest BCUT2D eigenvalue weighted by Gasteiger charge is -2.28. The van der Waals surface area contributed by atoms with Crippen molar-refractivity contribution >= 4 is 0 Å². The highest BCUT2D eigenvalue weighted by molar-refractivity contribution is 4.74. The fourth-order valence-electron chi connectivity index (χ4n) is 1.50. The van der Waals surface area contributed by atoms with E-state index in [0.717, 1.165) is 12.3 Å². The molecule has 1 unspecified atom stereocenters. The van der Waals surface area contributed by atoms with Crippen molar-refractivity contribution < 1.29 is 5.11 Å². The third-order valence-electron chi connectivity index (χ3n) is 2.42. The molecule has 9 heavy (non-hydrogen) atoms. The second-order valence-corrected chi connectivity index (χ2v) is 3.46. The summed E-state index contributed by atoms with van der Waals surface area (Å²) < 4.78 is 0. The van der Waals surface area contributed by atoms with Gasteiger partial charge in [-0.15, -0.1) is 0 Å². The van der Waals surface area contributed by atoms with Crippen molar-refractivity contribution in [2.24, 2.45) is 11.8 Å². The zero-order chi connectivity index (χ0) is 6.85. The van der Waals surface area contributed by atoms with E-state index in [4.69, 9.17) is 0 Å². The number of rotatable bonds is 0. The third-order valence-corrected chi connectivity index (χ3v) is 2.42. The predicted octanol–water partition coefficient (Wildman–Crippen LogP) is 1.80. The lowest BCUT2D eigenvalue weighted by molar-refractivity contribution is 0.0577. The van der Waals surface area contributed by atoms with Gasteiger partial charge < -0.3 is 5.11 Å². The molecule has 54 valence electrons. The first kappa shape index (κ1) is 7.07. The first-order valence-electron chi connectivity index (χ1n) is 3.88. The van der Waals surface area contributed by atoms with Crippen molar-refractivity contribution in [1.82, 2.24) is 0 Å². The van der Waals surface area contributed by atoms with Crippen molar-refractivity contribution in [3.8, 4) is 0 Å². The van der Waals surface area contributed by atoms with Gasteiger partial charge in [0.05, 0.1) is 6.10 Å². The standard InChI is InChI=1S/C8H16O/c1-6-3-4-7(2)8(9)5-6/h6-9H,3-5H2,1-2H3/t6-,7+,8?/m0/s1. The topological polar surface area (TPSA) is 20.2 Å². The molecule has 1 nitrogen and oxygen atoms in total. The van der Waals surface area contributed by atoms with Crippen LogP contribution in [0.4, 0.5) is 0 Å². The summed E-state index contributed by atoms with van der Waals surface area (Å²) in [7, 11) is 0. The molecule has 0 bridgehead atoms. The Balaban J connectivity index is 2.35. The van der Waals surface area contributed by atoms with Crippen molar-refractivity contribution in [2.45, 2.75) is 39.2 Å². The molecule has 1 rings (SSSR count). The normalized spacial score (nSPS) is 45.0. The number of hydrogen-bond acceptors (Lipinski definition) is 1. The molecule has 1 aliphatic carbocycles. The first-order chi connectivity index (χ1) is 4.20. The van der Waals surface area contributed by atoms with Crippen LogP contribution in [0.1, 0.15) is 33.1 Å². The van der Waals surface area contributed by atoms with E-state index in [-0.39, 0.29) is 6.10 Å². The van der Waals surface area contributed by atoms with Crippen LogP contribution in [-0.2, 0) is 0 Å². The molecular formula is C8H16O. The van der Waals surface area contributed by atoms with Gasteiger partial charge in [0, 0.05) is 0 Å². The number of aliphatic hydroxyl groups is 1. The van der Waals surface area contributed by atoms with E-state index in [1.165, 1.54) is 12.8 Å². The van der Waals surface area contributed by atoms with Gasteiger partial charge in [-0.05, 0) is 24.7 Å². The Morgan fingerprint density at radius 3 is 2.33 bits per heavy atom. The Kier molecular flexibility index (Phi) is 2.12. The molecule has 1 heteroatoms. The van der Waals surface area contributed by atoms with Gasteiger partial charge >= 0.3 is 0 Å². The fourth-order valence-corrected chi connectivity index (χ4v) is 1.50. The second kappa shape index (κ2) is 2.70. The van der Waals surface area contributed by atoms with Gasteiger partial charge in [-0.1, -0.05) is 20.3 Å². The molecule has 0 spiro atoms. The lowest BCUT2D eigenvalue weighted by Crippen LogP contribution is -2.25. The minimum absolute atomic E-state index is 0.0197. The minimum atomic E-state index is -0.0197. The summed E-state index contributed by atoms with van der Waals surface area (Å²) in [6.45, 7) is 4.35. The maximum absolute atomic E-state index is 9.35. The van der Waals surface area contributed by atoms with Crippen LogP contribution in [-0.4, -0.2) is 11.2 Å². The van der Waals surface area contributed by atoms with Crippen molar-refractivity contribution in [2.75, 3.05) is 0 Å². The molecule has 1 N–H and O–H groups in total. The number of hydrogen-bond donors (Lipinski definition) is 1. The maximum atomic E-state index is 9.35. The molecule has 0 radical (unpaired) electrons. The molecule has 3 atom stereocenters. The number of aliphatic hydroxyl groups excluding tert-OH is 1. The Hall–Kier alpha value is -0.0400. The van der Waals surface area contributed by atoms with Crippen LogP contribution in [0, 0.1) is 11.8 Å². The Labute approximate surface area is 57.1 Å². The molecule has 0 aromatic carbocycles. The molecule has 1 fully saturated rings. The average Bonchev–Trinajstić information content (AvgIpc) is 1.80. The van der Waals surface area contributed by atoms with Gasteiger partial charge in [0.15, 0.2) is 0 Å². The highest BCUT2D eigenvalue weighted by Crippen LogP contribution is 2.27. The monoisotopic (exact) mass is 128 g/mol. The molecule has 0 aromatic rings. The smallest absolute Gasteiger partial charge is 0.0568 e. The quantitative estimate of drug-likeness (QED) is 0.527. The minimum Gasteiger partial charge on any atom is -0.393 e. The molecule has 0 aliphatic heterocycles. The summed E-state index contributed by atoms with van der Waals surface area (Å²) in [6.07, 6.45) is 3.51. The van der Waals surface area contributed by atoms with Gasteiger partial charge in [0.25, 0.3) is 0 Å². The van der Waals surface area contributed by atoms with E-state index >= 15 is 0 Å². The summed E-state index contributed by atoms with van der Waals surface area (Å²) >= 11 is 0. The van der Waals surface area contributed by atoms with E-state index in [1.54, 1.807) is 0 Å². The highest BCUT2D eigenvalue weighted by Gasteiger charge is 2.22. The molecular weight excluding hydrogens is 112 g/mol. The van der Waals surface area contributed by atoms with Crippen molar-refractivity contribution in [3.63, 3.8) is 0 Å². The van der Waals surface area contributed by atoms with Crippen LogP contribution in [0.25, 0.3) is 0 Å². The SMILES string of the molecule is C[C@H]1CC[C@@H](C)C(O)C1. The zero-order valence-corrected chi connectivity index (χ0v) is 6.30. The summed E-state index contributed by atoms with van der Waals surface area (Å²) in [5, 5.41) is 9.35. The predicted molar refractivity (Wildman–Crippen MR) is 38.2 cm³/mol. The van der Waals surface area contributed by atoms with Crippen LogP contribution >= 0.6 is 0 Å². The van der Waals surface area contributed by atoms with Crippen molar-refractivity contribution in [3.05, 3.63) is 0 Å². The summed E-state index contributed by atoms with van der Waals surface area (Å²) in [4.78, 5) is 0. The van der Waals surface area contributed by atoms with Crippen LogP contribution in [0.5, 0.6) is 0 Å². The van der Waals surface area contributed by atoms with Crippen LogP contribution in [0.3, 0.4) is 0 Å². The van der Waals surface area contributed by atoms with Crippen LogP contribution < -0.4 is 0 Å². The van der Waals surface area contributed by atoms with Gasteiger partial charge in [-0.3, -0.25) is 0 Å². The molecule has 0 saturated heterocycles. The lowest BCUT2D eigenvalue weighted by atomic mass is 9.82. The van der Waals surface area contributed by atoms with Gasteiger partial charge in [-0.25, -0.2) is 0 Å².